The second-order valence-electron chi connectivity index (χ2n) is 4.90. The van der Waals surface area contributed by atoms with Gasteiger partial charge in [0, 0.05) is 0 Å². The Kier molecular flexibility index (Phi) is 3.57. The summed E-state index contributed by atoms with van der Waals surface area (Å²) in [5.74, 6) is 0. The van der Waals surface area contributed by atoms with Crippen LogP contribution in [0.5, 0.6) is 0 Å². The minimum atomic E-state index is 0.554. The first kappa shape index (κ1) is 12.9. The van der Waals surface area contributed by atoms with Gasteiger partial charge in [-0.15, -0.1) is 0 Å². The standard InChI is InChI=1S/C18H16OSi/c1-13-10-11-16(15-7-4-3-5-8-15)18(14(13)2)20-17-9-6-12-19-17/h3-12H,1-2H3. The van der Waals surface area contributed by atoms with Gasteiger partial charge >= 0.3 is 0 Å². The molecule has 0 fully saturated rings. The van der Waals surface area contributed by atoms with Crippen molar-refractivity contribution in [2.75, 3.05) is 0 Å². The van der Waals surface area contributed by atoms with Crippen molar-refractivity contribution in [1.29, 1.82) is 0 Å². The largest absolute Gasteiger partial charge is 0.475 e. The maximum absolute atomic E-state index is 5.54. The van der Waals surface area contributed by atoms with Gasteiger partial charge in [-0.25, -0.2) is 0 Å². The monoisotopic (exact) mass is 276 g/mol. The van der Waals surface area contributed by atoms with Crippen molar-refractivity contribution in [3.63, 3.8) is 0 Å². The first-order valence-corrected chi connectivity index (χ1v) is 7.72. The van der Waals surface area contributed by atoms with Crippen molar-refractivity contribution < 1.29 is 4.42 Å². The molecule has 0 N–H and O–H groups in total. The van der Waals surface area contributed by atoms with Crippen molar-refractivity contribution in [2.45, 2.75) is 13.8 Å². The summed E-state index contributed by atoms with van der Waals surface area (Å²) in [5.41, 5.74) is 5.27. The average Bonchev–Trinajstić information content (AvgIpc) is 2.98. The van der Waals surface area contributed by atoms with Crippen molar-refractivity contribution in [3.8, 4) is 11.1 Å². The molecule has 20 heavy (non-hydrogen) atoms. The molecular weight excluding hydrogens is 260 g/mol. The fourth-order valence-electron chi connectivity index (χ4n) is 2.31. The molecule has 0 atom stereocenters. The van der Waals surface area contributed by atoms with Gasteiger partial charge in [0.1, 0.15) is 0 Å². The fraction of sp³-hybridized carbons (Fsp3) is 0.111. The van der Waals surface area contributed by atoms with Crippen LogP contribution in [0.25, 0.3) is 11.1 Å². The van der Waals surface area contributed by atoms with Crippen LogP contribution in [0.15, 0.2) is 65.3 Å². The SMILES string of the molecule is Cc1ccc(-c2ccccc2)c([Si]c2ccco2)c1C. The highest BCUT2D eigenvalue weighted by Gasteiger charge is 2.12. The molecule has 1 aromatic heterocycles. The lowest BCUT2D eigenvalue weighted by molar-refractivity contribution is 0.601. The minimum Gasteiger partial charge on any atom is -0.475 e. The van der Waals surface area contributed by atoms with E-state index >= 15 is 0 Å². The third-order valence-corrected chi connectivity index (χ3v) is 5.02. The van der Waals surface area contributed by atoms with Crippen molar-refractivity contribution >= 4 is 20.1 Å². The fourth-order valence-corrected chi connectivity index (χ4v) is 3.61. The van der Waals surface area contributed by atoms with Crippen LogP contribution in [0.2, 0.25) is 0 Å². The molecule has 3 rings (SSSR count). The zero-order chi connectivity index (χ0) is 13.9. The third kappa shape index (κ3) is 2.47. The first-order valence-electron chi connectivity index (χ1n) is 6.72. The quantitative estimate of drug-likeness (QED) is 0.670. The summed E-state index contributed by atoms with van der Waals surface area (Å²) in [4.78, 5) is 0. The summed E-state index contributed by atoms with van der Waals surface area (Å²) in [6.07, 6.45) is 1.75. The molecule has 0 aliphatic heterocycles. The van der Waals surface area contributed by atoms with E-state index in [9.17, 15) is 0 Å². The summed E-state index contributed by atoms with van der Waals surface area (Å²) in [5, 5.41) is 2.42. The minimum absolute atomic E-state index is 0.554. The van der Waals surface area contributed by atoms with Crippen molar-refractivity contribution in [3.05, 3.63) is 72.0 Å². The summed E-state index contributed by atoms with van der Waals surface area (Å²) < 4.78 is 5.54. The number of aryl methyl sites for hydroxylation is 1. The highest BCUT2D eigenvalue weighted by atomic mass is 28.2. The Morgan fingerprint density at radius 2 is 1.65 bits per heavy atom. The molecule has 2 radical (unpaired) electrons. The van der Waals surface area contributed by atoms with Gasteiger partial charge in [0.2, 0.25) is 0 Å². The number of benzene rings is 2. The van der Waals surface area contributed by atoms with E-state index in [0.717, 1.165) is 5.38 Å². The molecule has 98 valence electrons. The Balaban J connectivity index is 2.12. The summed E-state index contributed by atoms with van der Waals surface area (Å²) in [6, 6.07) is 19.0. The van der Waals surface area contributed by atoms with Gasteiger partial charge in [-0.3, -0.25) is 0 Å². The van der Waals surface area contributed by atoms with Gasteiger partial charge in [0.15, 0.2) is 9.52 Å². The molecule has 2 heteroatoms. The Morgan fingerprint density at radius 1 is 0.850 bits per heavy atom. The van der Waals surface area contributed by atoms with Gasteiger partial charge < -0.3 is 4.42 Å². The molecule has 1 heterocycles. The van der Waals surface area contributed by atoms with Gasteiger partial charge in [-0.2, -0.15) is 0 Å². The maximum atomic E-state index is 5.54. The number of hydrogen-bond acceptors (Lipinski definition) is 1. The highest BCUT2D eigenvalue weighted by Crippen LogP contribution is 2.19. The molecular formula is C18H16OSi. The lowest BCUT2D eigenvalue weighted by Gasteiger charge is -2.14. The predicted molar refractivity (Wildman–Crippen MR) is 85.1 cm³/mol. The second kappa shape index (κ2) is 5.51. The van der Waals surface area contributed by atoms with Crippen LogP contribution >= 0.6 is 0 Å². The van der Waals surface area contributed by atoms with Crippen molar-refractivity contribution in [2.24, 2.45) is 0 Å². The Hall–Kier alpha value is -2.06. The summed E-state index contributed by atoms with van der Waals surface area (Å²) in [7, 11) is 0.554. The zero-order valence-corrected chi connectivity index (χ0v) is 12.7. The van der Waals surface area contributed by atoms with Crippen LogP contribution < -0.4 is 10.6 Å². The normalized spacial score (nSPS) is 10.7. The summed E-state index contributed by atoms with van der Waals surface area (Å²) in [6.45, 7) is 4.37. The van der Waals surface area contributed by atoms with Crippen LogP contribution in [-0.2, 0) is 0 Å². The summed E-state index contributed by atoms with van der Waals surface area (Å²) >= 11 is 0. The molecule has 2 aromatic carbocycles. The Morgan fingerprint density at radius 3 is 2.35 bits per heavy atom. The van der Waals surface area contributed by atoms with Crippen LogP contribution in [0.3, 0.4) is 0 Å². The van der Waals surface area contributed by atoms with E-state index in [2.05, 4.69) is 62.4 Å². The van der Waals surface area contributed by atoms with Crippen molar-refractivity contribution in [1.82, 2.24) is 0 Å². The topological polar surface area (TPSA) is 13.1 Å². The molecule has 0 aliphatic carbocycles. The molecule has 0 spiro atoms. The van der Waals surface area contributed by atoms with Crippen LogP contribution in [0, 0.1) is 13.8 Å². The molecule has 0 amide bonds. The molecule has 0 unspecified atom stereocenters. The number of furan rings is 1. The van der Waals surface area contributed by atoms with Gasteiger partial charge in [-0.05, 0) is 53.4 Å². The van der Waals surface area contributed by atoms with Gasteiger partial charge in [0.25, 0.3) is 0 Å². The smallest absolute Gasteiger partial charge is 0.173 e. The molecule has 3 aromatic rings. The van der Waals surface area contributed by atoms with E-state index in [0.29, 0.717) is 9.52 Å². The molecule has 0 saturated carbocycles. The first-order chi connectivity index (χ1) is 9.75. The number of hydrogen-bond donors (Lipinski definition) is 0. The Labute approximate surface area is 122 Å². The van der Waals surface area contributed by atoms with Crippen LogP contribution in [0.4, 0.5) is 0 Å². The Bertz CT molecular complexity index is 700. The molecule has 1 nitrogen and oxygen atoms in total. The van der Waals surface area contributed by atoms with E-state index < -0.39 is 0 Å². The van der Waals surface area contributed by atoms with Crippen LogP contribution in [0.1, 0.15) is 11.1 Å². The van der Waals surface area contributed by atoms with E-state index in [1.807, 2.05) is 6.07 Å². The van der Waals surface area contributed by atoms with Crippen LogP contribution in [-0.4, -0.2) is 9.52 Å². The molecule has 0 aliphatic rings. The second-order valence-corrected chi connectivity index (χ2v) is 6.14. The highest BCUT2D eigenvalue weighted by molar-refractivity contribution is 6.68. The third-order valence-electron chi connectivity index (χ3n) is 3.59. The average molecular weight is 276 g/mol. The molecule has 0 saturated heterocycles. The lowest BCUT2D eigenvalue weighted by atomic mass is 10.0. The predicted octanol–water partition coefficient (Wildman–Crippen LogP) is 3.22. The van der Waals surface area contributed by atoms with Gasteiger partial charge in [-0.1, -0.05) is 42.5 Å². The molecule has 0 bridgehead atoms. The van der Waals surface area contributed by atoms with E-state index in [4.69, 9.17) is 4.42 Å². The number of rotatable bonds is 3. The lowest BCUT2D eigenvalue weighted by Crippen LogP contribution is -2.30. The maximum Gasteiger partial charge on any atom is 0.173 e. The van der Waals surface area contributed by atoms with E-state index in [-0.39, 0.29) is 0 Å². The van der Waals surface area contributed by atoms with E-state index in [1.165, 1.54) is 27.4 Å². The zero-order valence-electron chi connectivity index (χ0n) is 11.7. The van der Waals surface area contributed by atoms with Gasteiger partial charge in [0.05, 0.1) is 11.6 Å². The van der Waals surface area contributed by atoms with E-state index in [1.54, 1.807) is 6.26 Å².